The number of carbonyl (C=O) groups excluding carboxylic acids is 1. The minimum atomic E-state index is -0.800. The standard InChI is InChI=1S/C15H21N3O2/c1-11(12-6-3-2-4-7-12)10-17-14(19)15(8-5-9-15)13(16)18-20/h2-4,6-7,11,20H,5,8-10H2,1H3,(H2,16,18)(H,17,19). The quantitative estimate of drug-likeness (QED) is 0.331. The largest absolute Gasteiger partial charge is 0.409 e. The second-order valence-corrected chi connectivity index (χ2v) is 5.44. The summed E-state index contributed by atoms with van der Waals surface area (Å²) in [5.74, 6) is 0.111. The molecule has 108 valence electrons. The second-order valence-electron chi connectivity index (χ2n) is 5.44. The van der Waals surface area contributed by atoms with Crippen molar-refractivity contribution < 1.29 is 10.0 Å². The fourth-order valence-electron chi connectivity index (χ4n) is 2.54. The number of amides is 1. The molecule has 0 radical (unpaired) electrons. The molecule has 4 N–H and O–H groups in total. The average Bonchev–Trinajstić information content (AvgIpc) is 2.44. The number of benzene rings is 1. The minimum absolute atomic E-state index is 0.0219. The fraction of sp³-hybridized carbons (Fsp3) is 0.467. The van der Waals surface area contributed by atoms with Crippen LogP contribution in [0.15, 0.2) is 35.5 Å². The molecule has 1 saturated carbocycles. The zero-order valence-electron chi connectivity index (χ0n) is 11.7. The van der Waals surface area contributed by atoms with Gasteiger partial charge in [0.05, 0.1) is 0 Å². The Balaban J connectivity index is 1.95. The molecule has 2 rings (SSSR count). The van der Waals surface area contributed by atoms with Crippen molar-refractivity contribution >= 4 is 11.7 Å². The van der Waals surface area contributed by atoms with E-state index in [1.165, 1.54) is 5.56 Å². The number of nitrogens with two attached hydrogens (primary N) is 1. The molecule has 20 heavy (non-hydrogen) atoms. The molecule has 1 aliphatic rings. The topological polar surface area (TPSA) is 87.7 Å². The molecule has 0 bridgehead atoms. The van der Waals surface area contributed by atoms with Crippen molar-refractivity contribution in [1.29, 1.82) is 0 Å². The lowest BCUT2D eigenvalue weighted by Gasteiger charge is -2.38. The van der Waals surface area contributed by atoms with Gasteiger partial charge >= 0.3 is 0 Å². The molecular formula is C15H21N3O2. The fourth-order valence-corrected chi connectivity index (χ4v) is 2.54. The van der Waals surface area contributed by atoms with Crippen LogP contribution in [0.5, 0.6) is 0 Å². The van der Waals surface area contributed by atoms with Crippen molar-refractivity contribution in [1.82, 2.24) is 5.32 Å². The summed E-state index contributed by atoms with van der Waals surface area (Å²) < 4.78 is 0. The van der Waals surface area contributed by atoms with E-state index in [0.29, 0.717) is 19.4 Å². The first kappa shape index (κ1) is 14.4. The molecule has 1 aromatic rings. The van der Waals surface area contributed by atoms with Gasteiger partial charge in [0.15, 0.2) is 5.84 Å². The van der Waals surface area contributed by atoms with Crippen molar-refractivity contribution in [2.24, 2.45) is 16.3 Å². The van der Waals surface area contributed by atoms with E-state index in [4.69, 9.17) is 10.9 Å². The lowest BCUT2D eigenvalue weighted by atomic mass is 9.67. The molecule has 1 aliphatic carbocycles. The Hall–Kier alpha value is -2.04. The highest BCUT2D eigenvalue weighted by atomic mass is 16.4. The average molecular weight is 275 g/mol. The Bertz CT molecular complexity index is 495. The van der Waals surface area contributed by atoms with Crippen LogP contribution in [-0.2, 0) is 4.79 Å². The Morgan fingerprint density at radius 1 is 1.45 bits per heavy atom. The summed E-state index contributed by atoms with van der Waals surface area (Å²) in [7, 11) is 0. The molecule has 1 amide bonds. The van der Waals surface area contributed by atoms with Crippen LogP contribution in [0.1, 0.15) is 37.7 Å². The third kappa shape index (κ3) is 2.61. The zero-order valence-corrected chi connectivity index (χ0v) is 11.7. The van der Waals surface area contributed by atoms with E-state index in [9.17, 15) is 4.79 Å². The van der Waals surface area contributed by atoms with E-state index >= 15 is 0 Å². The van der Waals surface area contributed by atoms with E-state index in [-0.39, 0.29) is 17.7 Å². The number of hydrogen-bond donors (Lipinski definition) is 3. The number of carbonyl (C=O) groups is 1. The van der Waals surface area contributed by atoms with Gasteiger partial charge in [-0.05, 0) is 24.3 Å². The number of hydrogen-bond acceptors (Lipinski definition) is 3. The number of amidine groups is 1. The number of nitrogens with zero attached hydrogens (tertiary/aromatic N) is 1. The van der Waals surface area contributed by atoms with Crippen molar-refractivity contribution in [2.75, 3.05) is 6.54 Å². The Morgan fingerprint density at radius 3 is 2.60 bits per heavy atom. The number of oxime groups is 1. The van der Waals surface area contributed by atoms with E-state index < -0.39 is 5.41 Å². The Labute approximate surface area is 118 Å². The van der Waals surface area contributed by atoms with Gasteiger partial charge in [0.2, 0.25) is 5.91 Å². The van der Waals surface area contributed by atoms with Gasteiger partial charge in [0.25, 0.3) is 0 Å². The summed E-state index contributed by atoms with van der Waals surface area (Å²) >= 11 is 0. The van der Waals surface area contributed by atoms with Gasteiger partial charge in [0, 0.05) is 6.54 Å². The molecule has 1 aromatic carbocycles. The molecule has 0 spiro atoms. The van der Waals surface area contributed by atoms with Gasteiger partial charge < -0.3 is 16.3 Å². The first-order chi connectivity index (χ1) is 9.60. The second kappa shape index (κ2) is 5.94. The third-order valence-corrected chi connectivity index (χ3v) is 4.18. The molecule has 0 aromatic heterocycles. The molecule has 0 saturated heterocycles. The predicted molar refractivity (Wildman–Crippen MR) is 77.6 cm³/mol. The Morgan fingerprint density at radius 2 is 2.10 bits per heavy atom. The molecule has 1 fully saturated rings. The molecule has 1 atom stereocenters. The highest BCUT2D eigenvalue weighted by molar-refractivity contribution is 6.07. The number of nitrogens with one attached hydrogen (secondary N) is 1. The Kier molecular flexibility index (Phi) is 4.27. The summed E-state index contributed by atoms with van der Waals surface area (Å²) in [4.78, 5) is 12.3. The van der Waals surface area contributed by atoms with Gasteiger partial charge in [-0.2, -0.15) is 0 Å². The van der Waals surface area contributed by atoms with Gasteiger partial charge in [-0.3, -0.25) is 4.79 Å². The molecular weight excluding hydrogens is 254 g/mol. The van der Waals surface area contributed by atoms with Crippen LogP contribution < -0.4 is 11.1 Å². The summed E-state index contributed by atoms with van der Waals surface area (Å²) in [5.41, 5.74) is 6.05. The summed E-state index contributed by atoms with van der Waals surface area (Å²) in [5, 5.41) is 14.8. The highest BCUT2D eigenvalue weighted by Crippen LogP contribution is 2.41. The van der Waals surface area contributed by atoms with Gasteiger partial charge in [0.1, 0.15) is 5.41 Å². The number of rotatable bonds is 5. The summed E-state index contributed by atoms with van der Waals surface area (Å²) in [6, 6.07) is 10.0. The maximum atomic E-state index is 12.3. The SMILES string of the molecule is CC(CNC(=O)C1(/C(N)=N/O)CCC1)c1ccccc1. The lowest BCUT2D eigenvalue weighted by Crippen LogP contribution is -2.54. The maximum Gasteiger partial charge on any atom is 0.233 e. The van der Waals surface area contributed by atoms with Crippen LogP contribution in [0.3, 0.4) is 0 Å². The van der Waals surface area contributed by atoms with Crippen molar-refractivity contribution in [2.45, 2.75) is 32.1 Å². The van der Waals surface area contributed by atoms with Crippen LogP contribution in [0.25, 0.3) is 0 Å². The van der Waals surface area contributed by atoms with E-state index in [2.05, 4.69) is 17.4 Å². The van der Waals surface area contributed by atoms with Crippen LogP contribution in [0.4, 0.5) is 0 Å². The van der Waals surface area contributed by atoms with Crippen molar-refractivity contribution in [3.8, 4) is 0 Å². The monoisotopic (exact) mass is 275 g/mol. The van der Waals surface area contributed by atoms with Gasteiger partial charge in [-0.15, -0.1) is 0 Å². The maximum absolute atomic E-state index is 12.3. The highest BCUT2D eigenvalue weighted by Gasteiger charge is 2.48. The van der Waals surface area contributed by atoms with Crippen LogP contribution in [0.2, 0.25) is 0 Å². The molecule has 0 aliphatic heterocycles. The molecule has 0 heterocycles. The normalized spacial score (nSPS) is 18.9. The van der Waals surface area contributed by atoms with E-state index in [0.717, 1.165) is 6.42 Å². The molecule has 1 unspecified atom stereocenters. The smallest absolute Gasteiger partial charge is 0.233 e. The summed E-state index contributed by atoms with van der Waals surface area (Å²) in [6.07, 6.45) is 2.22. The van der Waals surface area contributed by atoms with E-state index in [1.54, 1.807) is 0 Å². The zero-order chi connectivity index (χ0) is 14.6. The lowest BCUT2D eigenvalue weighted by molar-refractivity contribution is -0.131. The van der Waals surface area contributed by atoms with Crippen LogP contribution in [-0.4, -0.2) is 23.5 Å². The van der Waals surface area contributed by atoms with Gasteiger partial charge in [-0.25, -0.2) is 0 Å². The molecule has 5 heteroatoms. The minimum Gasteiger partial charge on any atom is -0.409 e. The van der Waals surface area contributed by atoms with Crippen molar-refractivity contribution in [3.05, 3.63) is 35.9 Å². The van der Waals surface area contributed by atoms with E-state index in [1.807, 2.05) is 30.3 Å². The first-order valence-corrected chi connectivity index (χ1v) is 6.91. The van der Waals surface area contributed by atoms with Crippen LogP contribution >= 0.6 is 0 Å². The summed E-state index contributed by atoms with van der Waals surface area (Å²) in [6.45, 7) is 2.61. The van der Waals surface area contributed by atoms with Gasteiger partial charge in [-0.1, -0.05) is 48.8 Å². The van der Waals surface area contributed by atoms with Crippen molar-refractivity contribution in [3.63, 3.8) is 0 Å². The molecule has 5 nitrogen and oxygen atoms in total. The van der Waals surface area contributed by atoms with Crippen LogP contribution in [0, 0.1) is 5.41 Å². The first-order valence-electron chi connectivity index (χ1n) is 6.91. The predicted octanol–water partition coefficient (Wildman–Crippen LogP) is 1.82. The third-order valence-electron chi connectivity index (χ3n) is 4.18.